The Hall–Kier alpha value is -4.00. The number of piperidine rings is 1. The van der Waals surface area contributed by atoms with Gasteiger partial charge in [-0.05, 0) is 43.4 Å². The molecular weight excluding hydrogens is 525 g/mol. The highest BCUT2D eigenvalue weighted by Crippen LogP contribution is 2.48. The van der Waals surface area contributed by atoms with E-state index in [1.165, 1.54) is 25.6 Å². The van der Waals surface area contributed by atoms with Crippen molar-refractivity contribution < 1.29 is 22.8 Å². The molecule has 2 aliphatic rings. The number of alkyl halides is 3. The van der Waals surface area contributed by atoms with Crippen LogP contribution in [-0.4, -0.2) is 53.3 Å². The lowest BCUT2D eigenvalue weighted by Gasteiger charge is -2.27. The van der Waals surface area contributed by atoms with Gasteiger partial charge in [0.25, 0.3) is 0 Å². The Morgan fingerprint density at radius 2 is 2.00 bits per heavy atom. The fourth-order valence-corrected chi connectivity index (χ4v) is 5.63. The minimum atomic E-state index is -4.57. The number of hydrogen-bond acceptors (Lipinski definition) is 7. The van der Waals surface area contributed by atoms with E-state index in [9.17, 15) is 22.8 Å². The van der Waals surface area contributed by atoms with Crippen LogP contribution in [0.15, 0.2) is 30.9 Å². The highest BCUT2D eigenvalue weighted by Gasteiger charge is 2.56. The highest BCUT2D eigenvalue weighted by molar-refractivity contribution is 6.29. The van der Waals surface area contributed by atoms with Crippen LogP contribution >= 0.6 is 11.6 Å². The first-order valence-corrected chi connectivity index (χ1v) is 12.1. The highest BCUT2D eigenvalue weighted by atomic mass is 35.5. The predicted octanol–water partition coefficient (Wildman–Crippen LogP) is 3.57. The van der Waals surface area contributed by atoms with Gasteiger partial charge in [0.2, 0.25) is 11.8 Å². The molecule has 6 rings (SSSR count). The number of amides is 2. The van der Waals surface area contributed by atoms with E-state index < -0.39 is 23.7 Å². The SMILES string of the molecule is Cc1cc(C(F)(F)F)cc2c3c(N)ncnc3n(CC(=O)N3C4C[C@@H]4C[C@H]3C(=O)Nc3cncc(Cl)n3)c12. The third-order valence-corrected chi connectivity index (χ3v) is 7.31. The molecule has 1 aromatic carbocycles. The maximum atomic E-state index is 13.7. The number of halogens is 4. The smallest absolute Gasteiger partial charge is 0.383 e. The van der Waals surface area contributed by atoms with Crippen molar-refractivity contribution in [2.45, 2.75) is 44.6 Å². The summed E-state index contributed by atoms with van der Waals surface area (Å²) in [6, 6.07) is 1.20. The molecule has 4 heterocycles. The zero-order chi connectivity index (χ0) is 26.9. The van der Waals surface area contributed by atoms with Crippen LogP contribution in [0.2, 0.25) is 5.15 Å². The minimum absolute atomic E-state index is 0.00763. The summed E-state index contributed by atoms with van der Waals surface area (Å²) in [6.45, 7) is 1.29. The number of anilines is 2. The Kier molecular flexibility index (Phi) is 5.45. The van der Waals surface area contributed by atoms with Gasteiger partial charge in [-0.15, -0.1) is 0 Å². The Morgan fingerprint density at radius 3 is 2.74 bits per heavy atom. The van der Waals surface area contributed by atoms with Crippen LogP contribution in [0.1, 0.15) is 24.0 Å². The van der Waals surface area contributed by atoms with Gasteiger partial charge in [-0.25, -0.2) is 15.0 Å². The number of carbonyl (C=O) groups excluding carboxylic acids is 2. The molecule has 0 radical (unpaired) electrons. The van der Waals surface area contributed by atoms with Gasteiger partial charge in [0.05, 0.1) is 28.9 Å². The monoisotopic (exact) mass is 544 g/mol. The summed E-state index contributed by atoms with van der Waals surface area (Å²) in [4.78, 5) is 44.5. The lowest BCUT2D eigenvalue weighted by Crippen LogP contribution is -2.46. The molecule has 1 unspecified atom stereocenters. The molecule has 0 bridgehead atoms. The molecule has 38 heavy (non-hydrogen) atoms. The lowest BCUT2D eigenvalue weighted by molar-refractivity contribution is -0.138. The molecule has 1 saturated carbocycles. The van der Waals surface area contributed by atoms with Crippen molar-refractivity contribution in [1.29, 1.82) is 0 Å². The van der Waals surface area contributed by atoms with Crippen LogP contribution < -0.4 is 11.1 Å². The van der Waals surface area contributed by atoms with Gasteiger partial charge >= 0.3 is 6.18 Å². The molecule has 3 N–H and O–H groups in total. The van der Waals surface area contributed by atoms with Crippen molar-refractivity contribution in [3.05, 3.63) is 47.1 Å². The number of likely N-dealkylation sites (tertiary alicyclic amines) is 1. The average Bonchev–Trinajstić information content (AvgIpc) is 3.38. The number of nitrogens with two attached hydrogens (primary N) is 1. The van der Waals surface area contributed by atoms with Crippen molar-refractivity contribution in [2.24, 2.45) is 5.92 Å². The first-order valence-electron chi connectivity index (χ1n) is 11.7. The number of benzene rings is 1. The number of fused-ring (bicyclic) bond motifs is 4. The second kappa shape index (κ2) is 8.51. The van der Waals surface area contributed by atoms with Crippen molar-refractivity contribution in [3.8, 4) is 0 Å². The van der Waals surface area contributed by atoms with Crippen LogP contribution in [0, 0.1) is 12.8 Å². The van der Waals surface area contributed by atoms with E-state index in [1.54, 1.807) is 9.47 Å². The molecule has 2 fully saturated rings. The molecule has 3 atom stereocenters. The van der Waals surface area contributed by atoms with Gasteiger partial charge in [0.15, 0.2) is 5.82 Å². The number of aromatic nitrogens is 5. The van der Waals surface area contributed by atoms with E-state index in [-0.39, 0.29) is 57.6 Å². The summed E-state index contributed by atoms with van der Waals surface area (Å²) < 4.78 is 42.3. The fraction of sp³-hybridized carbons (Fsp3) is 0.333. The summed E-state index contributed by atoms with van der Waals surface area (Å²) in [7, 11) is 0. The van der Waals surface area contributed by atoms with E-state index in [0.717, 1.165) is 18.6 Å². The number of nitrogen functional groups attached to an aromatic ring is 1. The number of rotatable bonds is 4. The number of nitrogens with one attached hydrogen (secondary N) is 1. The molecular formula is C24H20ClF3N8O2. The van der Waals surface area contributed by atoms with Crippen LogP contribution in [-0.2, 0) is 22.3 Å². The van der Waals surface area contributed by atoms with Crippen molar-refractivity contribution in [1.82, 2.24) is 29.4 Å². The molecule has 4 aromatic rings. The van der Waals surface area contributed by atoms with Crippen LogP contribution in [0.4, 0.5) is 24.8 Å². The second-order valence-electron chi connectivity index (χ2n) is 9.56. The quantitative estimate of drug-likeness (QED) is 0.401. The Bertz CT molecular complexity index is 1640. The predicted molar refractivity (Wildman–Crippen MR) is 132 cm³/mol. The third-order valence-electron chi connectivity index (χ3n) is 7.12. The average molecular weight is 545 g/mol. The first kappa shape index (κ1) is 24.3. The minimum Gasteiger partial charge on any atom is -0.383 e. The number of aryl methyl sites for hydroxylation is 1. The standard InChI is InChI=1S/C24H20ClF3N8O2/c1-10-2-12(24(26,27)28)5-13-19-21(29)31-9-32-22(19)35(20(10)13)8-18(37)36-14-3-11(14)4-15(36)23(38)34-17-7-30-6-16(25)33-17/h2,5-7,9,11,14-15H,3-4,8H2,1H3,(H2,29,31,32)(H,33,34,38)/t11-,14?,15+/m1/s1. The van der Waals surface area contributed by atoms with E-state index in [0.29, 0.717) is 17.5 Å². The number of carbonyl (C=O) groups is 2. The maximum absolute atomic E-state index is 13.7. The zero-order valence-corrected chi connectivity index (χ0v) is 20.6. The molecule has 1 aliphatic carbocycles. The fourth-order valence-electron chi connectivity index (χ4n) is 5.48. The Morgan fingerprint density at radius 1 is 1.21 bits per heavy atom. The number of hydrogen-bond donors (Lipinski definition) is 2. The Balaban J connectivity index is 1.37. The molecule has 14 heteroatoms. The zero-order valence-electron chi connectivity index (χ0n) is 19.8. The summed E-state index contributed by atoms with van der Waals surface area (Å²) in [6.07, 6.45) is 0.588. The van der Waals surface area contributed by atoms with E-state index in [2.05, 4.69) is 25.3 Å². The van der Waals surface area contributed by atoms with Crippen LogP contribution in [0.3, 0.4) is 0 Å². The normalized spacial score (nSPS) is 20.7. The molecule has 196 valence electrons. The largest absolute Gasteiger partial charge is 0.416 e. The molecule has 10 nitrogen and oxygen atoms in total. The van der Waals surface area contributed by atoms with E-state index in [1.807, 2.05) is 0 Å². The van der Waals surface area contributed by atoms with Gasteiger partial charge in [0.1, 0.15) is 35.5 Å². The van der Waals surface area contributed by atoms with Crippen LogP contribution in [0.25, 0.3) is 21.9 Å². The second-order valence-corrected chi connectivity index (χ2v) is 9.95. The molecule has 1 saturated heterocycles. The molecule has 1 aliphatic heterocycles. The van der Waals surface area contributed by atoms with Crippen molar-refractivity contribution >= 4 is 57.0 Å². The van der Waals surface area contributed by atoms with Gasteiger partial charge < -0.3 is 20.5 Å². The number of nitrogens with zero attached hydrogens (tertiary/aromatic N) is 6. The maximum Gasteiger partial charge on any atom is 0.416 e. The topological polar surface area (TPSA) is 132 Å². The summed E-state index contributed by atoms with van der Waals surface area (Å²) in [5.74, 6) is -0.397. The first-order chi connectivity index (χ1) is 18.0. The lowest BCUT2D eigenvalue weighted by atomic mass is 10.1. The van der Waals surface area contributed by atoms with Gasteiger partial charge in [-0.2, -0.15) is 13.2 Å². The molecule has 2 amide bonds. The van der Waals surface area contributed by atoms with Crippen molar-refractivity contribution in [2.75, 3.05) is 11.1 Å². The molecule has 0 spiro atoms. The van der Waals surface area contributed by atoms with Gasteiger partial charge in [0, 0.05) is 11.4 Å². The third kappa shape index (κ3) is 3.97. The van der Waals surface area contributed by atoms with Gasteiger partial charge in [-0.3, -0.25) is 14.6 Å². The molecule has 3 aromatic heterocycles. The summed E-state index contributed by atoms with van der Waals surface area (Å²) in [5.41, 5.74) is 6.17. The van der Waals surface area contributed by atoms with E-state index in [4.69, 9.17) is 17.3 Å². The van der Waals surface area contributed by atoms with E-state index >= 15 is 0 Å². The van der Waals surface area contributed by atoms with Crippen LogP contribution in [0.5, 0.6) is 0 Å². The Labute approximate surface area is 218 Å². The van der Waals surface area contributed by atoms with Crippen molar-refractivity contribution in [3.63, 3.8) is 0 Å². The van der Waals surface area contributed by atoms with Gasteiger partial charge in [-0.1, -0.05) is 11.6 Å². The summed E-state index contributed by atoms with van der Waals surface area (Å²) >= 11 is 5.86. The summed E-state index contributed by atoms with van der Waals surface area (Å²) in [5, 5.41) is 3.22.